The first-order valence-corrected chi connectivity index (χ1v) is 7.66. The summed E-state index contributed by atoms with van der Waals surface area (Å²) in [6.45, 7) is 2.24. The Balaban J connectivity index is 1.79. The van der Waals surface area contributed by atoms with Gasteiger partial charge in [-0.25, -0.2) is 4.39 Å². The average Bonchev–Trinajstić information content (AvgIpc) is 2.94. The summed E-state index contributed by atoms with van der Waals surface area (Å²) in [5.41, 5.74) is 0.920. The Morgan fingerprint density at radius 3 is 2.75 bits per heavy atom. The second-order valence-corrected chi connectivity index (χ2v) is 5.94. The van der Waals surface area contributed by atoms with Gasteiger partial charge in [-0.15, -0.1) is 0 Å². The summed E-state index contributed by atoms with van der Waals surface area (Å²) in [6.07, 6.45) is 7.87. The van der Waals surface area contributed by atoms with Crippen molar-refractivity contribution in [2.75, 3.05) is 27.2 Å². The third kappa shape index (κ3) is 4.53. The van der Waals surface area contributed by atoms with Crippen LogP contribution in [0.1, 0.15) is 43.8 Å². The molecule has 1 atom stereocenters. The fourth-order valence-corrected chi connectivity index (χ4v) is 3.11. The van der Waals surface area contributed by atoms with Crippen molar-refractivity contribution in [2.24, 2.45) is 5.92 Å². The summed E-state index contributed by atoms with van der Waals surface area (Å²) >= 11 is 0. The van der Waals surface area contributed by atoms with Gasteiger partial charge in [-0.2, -0.15) is 0 Å². The smallest absolute Gasteiger partial charge is 0.141 e. The van der Waals surface area contributed by atoms with Crippen LogP contribution in [0.15, 0.2) is 18.3 Å². The third-order valence-electron chi connectivity index (χ3n) is 4.30. The maximum atomic E-state index is 12.9. The normalized spacial score (nSPS) is 17.8. The van der Waals surface area contributed by atoms with E-state index in [9.17, 15) is 4.39 Å². The molecule has 1 aliphatic rings. The number of hydrogen-bond donors (Lipinski definition) is 1. The fourth-order valence-electron chi connectivity index (χ4n) is 3.11. The van der Waals surface area contributed by atoms with Crippen LogP contribution in [0.25, 0.3) is 0 Å². The van der Waals surface area contributed by atoms with E-state index in [-0.39, 0.29) is 11.9 Å². The molecule has 0 radical (unpaired) electrons. The van der Waals surface area contributed by atoms with Crippen molar-refractivity contribution < 1.29 is 4.39 Å². The van der Waals surface area contributed by atoms with Crippen LogP contribution in [0, 0.1) is 11.7 Å². The monoisotopic (exact) mass is 279 g/mol. The van der Waals surface area contributed by atoms with E-state index < -0.39 is 0 Å². The minimum Gasteiger partial charge on any atom is -0.312 e. The number of nitrogens with zero attached hydrogens (tertiary/aromatic N) is 2. The number of halogens is 1. The quantitative estimate of drug-likeness (QED) is 0.831. The molecule has 1 heterocycles. The standard InChI is InChI=1S/C16H26FN3/c1-18-15(16-8-7-14(17)11-19-16)9-10-20(2)12-13-5-3-4-6-13/h7-8,11,13,15,18H,3-6,9-10,12H2,1-2H3. The summed E-state index contributed by atoms with van der Waals surface area (Å²) < 4.78 is 12.9. The van der Waals surface area contributed by atoms with Crippen molar-refractivity contribution in [3.63, 3.8) is 0 Å². The zero-order chi connectivity index (χ0) is 14.4. The second kappa shape index (κ2) is 7.70. The summed E-state index contributed by atoms with van der Waals surface area (Å²) in [5, 5.41) is 3.28. The molecule has 0 amide bonds. The van der Waals surface area contributed by atoms with Crippen molar-refractivity contribution in [1.29, 1.82) is 0 Å². The summed E-state index contributed by atoms with van der Waals surface area (Å²) in [4.78, 5) is 6.60. The Hall–Kier alpha value is -1.00. The van der Waals surface area contributed by atoms with Crippen LogP contribution in [0.2, 0.25) is 0 Å². The highest BCUT2D eigenvalue weighted by molar-refractivity contribution is 5.09. The van der Waals surface area contributed by atoms with E-state index in [1.807, 2.05) is 7.05 Å². The Labute approximate surface area is 121 Å². The minimum atomic E-state index is -0.276. The number of nitrogens with one attached hydrogen (secondary N) is 1. The highest BCUT2D eigenvalue weighted by atomic mass is 19.1. The molecule has 0 bridgehead atoms. The molecular weight excluding hydrogens is 253 g/mol. The van der Waals surface area contributed by atoms with Gasteiger partial charge in [-0.05, 0) is 58.0 Å². The minimum absolute atomic E-state index is 0.196. The van der Waals surface area contributed by atoms with E-state index >= 15 is 0 Å². The fraction of sp³-hybridized carbons (Fsp3) is 0.688. The van der Waals surface area contributed by atoms with Gasteiger partial charge in [0.15, 0.2) is 0 Å². The molecule has 1 aliphatic carbocycles. The Bertz CT molecular complexity index is 387. The van der Waals surface area contributed by atoms with Crippen LogP contribution in [-0.2, 0) is 0 Å². The molecule has 20 heavy (non-hydrogen) atoms. The molecule has 0 aromatic carbocycles. The van der Waals surface area contributed by atoms with Gasteiger partial charge in [0.2, 0.25) is 0 Å². The number of hydrogen-bond acceptors (Lipinski definition) is 3. The molecular formula is C16H26FN3. The molecule has 1 aromatic heterocycles. The molecule has 1 unspecified atom stereocenters. The number of pyridine rings is 1. The van der Waals surface area contributed by atoms with Crippen molar-refractivity contribution >= 4 is 0 Å². The molecule has 1 N–H and O–H groups in total. The lowest BCUT2D eigenvalue weighted by molar-refractivity contribution is 0.263. The molecule has 0 spiro atoms. The Morgan fingerprint density at radius 2 is 2.15 bits per heavy atom. The Kier molecular flexibility index (Phi) is 5.92. The average molecular weight is 279 g/mol. The van der Waals surface area contributed by atoms with E-state index in [1.165, 1.54) is 44.5 Å². The lowest BCUT2D eigenvalue weighted by Crippen LogP contribution is -2.29. The molecule has 4 heteroatoms. The molecule has 1 fully saturated rings. The predicted octanol–water partition coefficient (Wildman–Crippen LogP) is 2.99. The van der Waals surface area contributed by atoms with Crippen molar-refractivity contribution in [3.05, 3.63) is 29.8 Å². The maximum absolute atomic E-state index is 12.9. The van der Waals surface area contributed by atoms with Crippen molar-refractivity contribution in [1.82, 2.24) is 15.2 Å². The van der Waals surface area contributed by atoms with Gasteiger partial charge in [0.1, 0.15) is 5.82 Å². The van der Waals surface area contributed by atoms with Gasteiger partial charge in [0, 0.05) is 6.54 Å². The van der Waals surface area contributed by atoms with Crippen LogP contribution in [0.3, 0.4) is 0 Å². The molecule has 3 nitrogen and oxygen atoms in total. The van der Waals surface area contributed by atoms with Crippen molar-refractivity contribution in [2.45, 2.75) is 38.1 Å². The maximum Gasteiger partial charge on any atom is 0.141 e. The van der Waals surface area contributed by atoms with Gasteiger partial charge >= 0.3 is 0 Å². The first kappa shape index (κ1) is 15.4. The van der Waals surface area contributed by atoms with Crippen LogP contribution in [0.5, 0.6) is 0 Å². The SMILES string of the molecule is CNC(CCN(C)CC1CCCC1)c1ccc(F)cn1. The van der Waals surface area contributed by atoms with Crippen LogP contribution in [0.4, 0.5) is 4.39 Å². The first-order chi connectivity index (χ1) is 9.69. The molecule has 1 saturated carbocycles. The molecule has 2 rings (SSSR count). The summed E-state index contributed by atoms with van der Waals surface area (Å²) in [6, 6.07) is 3.45. The zero-order valence-corrected chi connectivity index (χ0v) is 12.6. The zero-order valence-electron chi connectivity index (χ0n) is 12.6. The van der Waals surface area contributed by atoms with E-state index in [4.69, 9.17) is 0 Å². The van der Waals surface area contributed by atoms with Gasteiger partial charge in [-0.1, -0.05) is 12.8 Å². The van der Waals surface area contributed by atoms with Gasteiger partial charge < -0.3 is 10.2 Å². The highest BCUT2D eigenvalue weighted by Crippen LogP contribution is 2.25. The topological polar surface area (TPSA) is 28.2 Å². The van der Waals surface area contributed by atoms with E-state index in [2.05, 4.69) is 22.2 Å². The molecule has 0 saturated heterocycles. The van der Waals surface area contributed by atoms with Crippen LogP contribution < -0.4 is 5.32 Å². The van der Waals surface area contributed by atoms with Gasteiger partial charge in [-0.3, -0.25) is 4.98 Å². The largest absolute Gasteiger partial charge is 0.312 e. The van der Waals surface area contributed by atoms with Crippen LogP contribution in [-0.4, -0.2) is 37.1 Å². The summed E-state index contributed by atoms with van der Waals surface area (Å²) in [7, 11) is 4.13. The van der Waals surface area contributed by atoms with E-state index in [0.717, 1.165) is 24.6 Å². The van der Waals surface area contributed by atoms with E-state index in [0.29, 0.717) is 0 Å². The van der Waals surface area contributed by atoms with Crippen molar-refractivity contribution in [3.8, 4) is 0 Å². The molecule has 112 valence electrons. The highest BCUT2D eigenvalue weighted by Gasteiger charge is 2.18. The number of aromatic nitrogens is 1. The summed E-state index contributed by atoms with van der Waals surface area (Å²) in [5.74, 6) is 0.610. The predicted molar refractivity (Wildman–Crippen MR) is 80.1 cm³/mol. The molecule has 1 aromatic rings. The molecule has 0 aliphatic heterocycles. The van der Waals surface area contributed by atoms with Gasteiger partial charge in [0.05, 0.1) is 17.9 Å². The second-order valence-electron chi connectivity index (χ2n) is 5.94. The third-order valence-corrected chi connectivity index (χ3v) is 4.30. The van der Waals surface area contributed by atoms with Gasteiger partial charge in [0.25, 0.3) is 0 Å². The lowest BCUT2D eigenvalue weighted by atomic mass is 10.1. The first-order valence-electron chi connectivity index (χ1n) is 7.66. The Morgan fingerprint density at radius 1 is 1.40 bits per heavy atom. The lowest BCUT2D eigenvalue weighted by Gasteiger charge is -2.23. The van der Waals surface area contributed by atoms with E-state index in [1.54, 1.807) is 6.07 Å². The number of rotatable bonds is 7. The van der Waals surface area contributed by atoms with Crippen LogP contribution >= 0.6 is 0 Å².